The number of hydrogen-bond donors (Lipinski definition) is 0. The first-order chi connectivity index (χ1) is 10.7. The highest BCUT2D eigenvalue weighted by Crippen LogP contribution is 2.76. The molecule has 23 heavy (non-hydrogen) atoms. The zero-order valence-electron chi connectivity index (χ0n) is 14.9. The minimum atomic E-state index is -0.607. The summed E-state index contributed by atoms with van der Waals surface area (Å²) in [5.74, 6) is 0.814. The normalized spacial score (nSPS) is 35.5. The number of rotatable bonds is 3. The highest BCUT2D eigenvalue weighted by atomic mass is 32.2. The molecule has 2 aliphatic heterocycles. The number of benzene rings is 1. The molecule has 0 radical (unpaired) electrons. The molecule has 2 fully saturated rings. The van der Waals surface area contributed by atoms with E-state index in [-0.39, 0.29) is 16.3 Å². The van der Waals surface area contributed by atoms with Crippen LogP contribution in [0.2, 0.25) is 0 Å². The fourth-order valence-corrected chi connectivity index (χ4v) is 6.34. The Balaban J connectivity index is 2.21. The molecular formula is C18H26O4S. The van der Waals surface area contributed by atoms with Crippen LogP contribution < -0.4 is 4.74 Å². The van der Waals surface area contributed by atoms with E-state index in [0.29, 0.717) is 0 Å². The van der Waals surface area contributed by atoms with Gasteiger partial charge in [-0.1, -0.05) is 58.5 Å². The largest absolute Gasteiger partial charge is 0.497 e. The Hall–Kier alpha value is -0.750. The summed E-state index contributed by atoms with van der Waals surface area (Å²) in [4.78, 5) is 11.2. The van der Waals surface area contributed by atoms with E-state index in [9.17, 15) is 0 Å². The number of ether oxygens (including phenoxy) is 2. The number of thioether (sulfide) groups is 1. The highest BCUT2D eigenvalue weighted by molar-refractivity contribution is 8.01. The average molecular weight is 338 g/mol. The molecule has 1 aromatic rings. The molecule has 0 bridgehead atoms. The van der Waals surface area contributed by atoms with Crippen molar-refractivity contribution in [1.82, 2.24) is 0 Å². The van der Waals surface area contributed by atoms with Crippen molar-refractivity contribution in [2.75, 3.05) is 14.2 Å². The predicted octanol–water partition coefficient (Wildman–Crippen LogP) is 4.34. The quantitative estimate of drug-likeness (QED) is 0.766. The molecule has 2 aliphatic rings. The van der Waals surface area contributed by atoms with Crippen molar-refractivity contribution in [3.8, 4) is 5.75 Å². The second-order valence-corrected chi connectivity index (χ2v) is 9.09. The molecule has 3 rings (SSSR count). The first kappa shape index (κ1) is 17.1. The number of fused-ring (bicyclic) bond motifs is 1. The fourth-order valence-electron chi connectivity index (χ4n) is 4.37. The monoisotopic (exact) mass is 338 g/mol. The second-order valence-electron chi connectivity index (χ2n) is 7.85. The van der Waals surface area contributed by atoms with Crippen LogP contribution >= 0.6 is 11.8 Å². The fraction of sp³-hybridized carbons (Fsp3) is 0.667. The maximum Gasteiger partial charge on any atom is 0.209 e. The van der Waals surface area contributed by atoms with Gasteiger partial charge in [-0.2, -0.15) is 0 Å². The van der Waals surface area contributed by atoms with Gasteiger partial charge in [0, 0.05) is 18.1 Å². The lowest BCUT2D eigenvalue weighted by molar-refractivity contribution is -0.568. The number of hydrogen-bond acceptors (Lipinski definition) is 5. The Morgan fingerprint density at radius 3 is 2.30 bits per heavy atom. The van der Waals surface area contributed by atoms with Crippen LogP contribution in [0.25, 0.3) is 0 Å². The van der Waals surface area contributed by atoms with E-state index >= 15 is 0 Å². The molecule has 5 heteroatoms. The van der Waals surface area contributed by atoms with Gasteiger partial charge in [0.15, 0.2) is 5.60 Å². The first-order valence-electron chi connectivity index (χ1n) is 7.88. The predicted molar refractivity (Wildman–Crippen MR) is 91.2 cm³/mol. The summed E-state index contributed by atoms with van der Waals surface area (Å²) in [5.41, 5.74) is 0.139. The zero-order chi connectivity index (χ0) is 17.1. The summed E-state index contributed by atoms with van der Waals surface area (Å²) >= 11 is 1.69. The van der Waals surface area contributed by atoms with Gasteiger partial charge in [0.25, 0.3) is 0 Å². The lowest BCUT2D eigenvalue weighted by atomic mass is 9.57. The molecule has 2 heterocycles. The van der Waals surface area contributed by atoms with E-state index < -0.39 is 10.5 Å². The average Bonchev–Trinajstić information content (AvgIpc) is 2.59. The molecule has 0 aliphatic carbocycles. The topological polar surface area (TPSA) is 36.9 Å². The van der Waals surface area contributed by atoms with E-state index in [4.69, 9.17) is 19.2 Å². The summed E-state index contributed by atoms with van der Waals surface area (Å²) in [6.45, 7) is 11.0. The minimum absolute atomic E-state index is 0.0320. The Morgan fingerprint density at radius 2 is 1.83 bits per heavy atom. The van der Waals surface area contributed by atoms with Crippen LogP contribution in [0.5, 0.6) is 5.75 Å². The molecule has 0 spiro atoms. The zero-order valence-corrected chi connectivity index (χ0v) is 15.7. The van der Waals surface area contributed by atoms with Crippen molar-refractivity contribution >= 4 is 11.8 Å². The van der Waals surface area contributed by atoms with Gasteiger partial charge in [0.1, 0.15) is 11.2 Å². The van der Waals surface area contributed by atoms with Crippen LogP contribution in [-0.2, 0) is 19.4 Å². The Labute approximate surface area is 142 Å². The van der Waals surface area contributed by atoms with Crippen molar-refractivity contribution < 1.29 is 19.2 Å². The standard InChI is InChI=1S/C18H26O4S/c1-15(2,3)18-16(4,5)14(20-7)23-17(18,21-22-18)12-9-8-10-13(11-12)19-6/h8-11,14H,1-7H3. The molecule has 2 saturated heterocycles. The minimum Gasteiger partial charge on any atom is -0.497 e. The van der Waals surface area contributed by atoms with E-state index in [1.165, 1.54) is 0 Å². The van der Waals surface area contributed by atoms with Gasteiger partial charge in [0.2, 0.25) is 4.93 Å². The van der Waals surface area contributed by atoms with Crippen LogP contribution in [-0.4, -0.2) is 25.3 Å². The Bertz CT molecular complexity index is 609. The maximum atomic E-state index is 5.94. The Morgan fingerprint density at radius 1 is 1.13 bits per heavy atom. The summed E-state index contributed by atoms with van der Waals surface area (Å²) in [6.07, 6.45) is 0. The van der Waals surface area contributed by atoms with Crippen molar-refractivity contribution in [3.05, 3.63) is 29.8 Å². The molecule has 0 aromatic heterocycles. The van der Waals surface area contributed by atoms with Gasteiger partial charge < -0.3 is 9.47 Å². The van der Waals surface area contributed by atoms with Crippen LogP contribution in [0.4, 0.5) is 0 Å². The lowest BCUT2D eigenvalue weighted by Crippen LogP contribution is -2.72. The van der Waals surface area contributed by atoms with E-state index in [2.05, 4.69) is 40.7 Å². The third kappa shape index (κ3) is 1.91. The molecule has 3 atom stereocenters. The molecule has 0 N–H and O–H groups in total. The summed E-state index contributed by atoms with van der Waals surface area (Å²) < 4.78 is 11.2. The van der Waals surface area contributed by atoms with E-state index in [1.54, 1.807) is 26.0 Å². The Kier molecular flexibility index (Phi) is 3.80. The van der Waals surface area contributed by atoms with Crippen LogP contribution in [0.1, 0.15) is 40.2 Å². The summed E-state index contributed by atoms with van der Waals surface area (Å²) in [7, 11) is 3.43. The third-order valence-electron chi connectivity index (χ3n) is 5.24. The second kappa shape index (κ2) is 5.12. The van der Waals surface area contributed by atoms with Gasteiger partial charge in [0.05, 0.1) is 7.11 Å². The molecule has 1 aromatic carbocycles. The highest BCUT2D eigenvalue weighted by Gasteiger charge is 2.83. The summed E-state index contributed by atoms with van der Waals surface area (Å²) in [5, 5.41) is 0. The summed E-state index contributed by atoms with van der Waals surface area (Å²) in [6, 6.07) is 8.04. The van der Waals surface area contributed by atoms with Crippen molar-refractivity contribution in [2.45, 2.75) is 50.6 Å². The van der Waals surface area contributed by atoms with Crippen LogP contribution in [0, 0.1) is 10.8 Å². The smallest absolute Gasteiger partial charge is 0.209 e. The van der Waals surface area contributed by atoms with Crippen molar-refractivity contribution in [2.24, 2.45) is 10.8 Å². The molecule has 128 valence electrons. The van der Waals surface area contributed by atoms with Crippen LogP contribution in [0.3, 0.4) is 0 Å². The van der Waals surface area contributed by atoms with E-state index in [1.807, 2.05) is 18.2 Å². The molecule has 3 unspecified atom stereocenters. The molecule has 0 amide bonds. The third-order valence-corrected chi connectivity index (χ3v) is 7.16. The van der Waals surface area contributed by atoms with Crippen molar-refractivity contribution in [3.63, 3.8) is 0 Å². The van der Waals surface area contributed by atoms with Gasteiger partial charge >= 0.3 is 0 Å². The van der Waals surface area contributed by atoms with Gasteiger partial charge in [-0.3, -0.25) is 0 Å². The van der Waals surface area contributed by atoms with Crippen molar-refractivity contribution in [1.29, 1.82) is 0 Å². The van der Waals surface area contributed by atoms with E-state index in [0.717, 1.165) is 11.3 Å². The SMILES string of the molecule is COc1cccc(C23OOC2(C(C)(C)C)C(C)(C)C(OC)S3)c1. The molecule has 0 saturated carbocycles. The first-order valence-corrected chi connectivity index (χ1v) is 8.76. The van der Waals surface area contributed by atoms with Gasteiger partial charge in [-0.15, -0.1) is 0 Å². The number of methoxy groups -OCH3 is 2. The maximum absolute atomic E-state index is 5.94. The van der Waals surface area contributed by atoms with Gasteiger partial charge in [-0.05, 0) is 17.5 Å². The van der Waals surface area contributed by atoms with Gasteiger partial charge in [-0.25, -0.2) is 9.78 Å². The van der Waals surface area contributed by atoms with Crippen LogP contribution in [0.15, 0.2) is 24.3 Å². The molecule has 4 nitrogen and oxygen atoms in total. The lowest BCUT2D eigenvalue weighted by Gasteiger charge is -2.62. The molecular weight excluding hydrogens is 312 g/mol.